The zero-order chi connectivity index (χ0) is 16.1. The predicted octanol–water partition coefficient (Wildman–Crippen LogP) is 3.53. The van der Waals surface area contributed by atoms with Gasteiger partial charge in [0.2, 0.25) is 5.82 Å². The van der Waals surface area contributed by atoms with Gasteiger partial charge in [-0.05, 0) is 30.0 Å². The normalized spacial score (nSPS) is 10.7. The number of hydrogen-bond donors (Lipinski definition) is 1. The molecule has 23 heavy (non-hydrogen) atoms. The molecule has 1 aromatic carbocycles. The Balaban J connectivity index is 1.96. The topological polar surface area (TPSA) is 59.8 Å². The molecular weight excluding hydrogens is 308 g/mol. The Hall–Kier alpha value is -2.47. The molecule has 0 aliphatic rings. The van der Waals surface area contributed by atoms with Crippen LogP contribution in [-0.2, 0) is 0 Å². The average molecular weight is 326 g/mol. The minimum atomic E-state index is -0.231. The molecule has 0 aliphatic carbocycles. The van der Waals surface area contributed by atoms with E-state index in [2.05, 4.69) is 22.3 Å². The summed E-state index contributed by atoms with van der Waals surface area (Å²) in [6, 6.07) is 13.7. The second-order valence-electron chi connectivity index (χ2n) is 5.09. The second kappa shape index (κ2) is 7.19. The molecule has 2 aromatic heterocycles. The minimum Gasteiger partial charge on any atom is -0.349 e. The van der Waals surface area contributed by atoms with Crippen molar-refractivity contribution in [1.29, 1.82) is 0 Å². The van der Waals surface area contributed by atoms with Crippen molar-refractivity contribution >= 4 is 17.2 Å². The summed E-state index contributed by atoms with van der Waals surface area (Å²) in [7, 11) is 0. The van der Waals surface area contributed by atoms with Crippen molar-refractivity contribution in [2.45, 2.75) is 19.8 Å². The SMILES string of the molecule is CCCCNC(=O)c1nc(-c2cccs2)n(-c2ccccc2)n1. The van der Waals surface area contributed by atoms with E-state index in [1.54, 1.807) is 16.0 Å². The Morgan fingerprint density at radius 1 is 1.22 bits per heavy atom. The monoisotopic (exact) mass is 326 g/mol. The number of thiophene rings is 1. The molecule has 0 saturated heterocycles. The third kappa shape index (κ3) is 3.48. The lowest BCUT2D eigenvalue weighted by Crippen LogP contribution is -2.25. The van der Waals surface area contributed by atoms with Crippen molar-refractivity contribution in [3.05, 3.63) is 53.7 Å². The third-order valence-corrected chi connectivity index (χ3v) is 4.23. The van der Waals surface area contributed by atoms with E-state index < -0.39 is 0 Å². The van der Waals surface area contributed by atoms with Crippen LogP contribution in [0, 0.1) is 0 Å². The van der Waals surface area contributed by atoms with E-state index in [-0.39, 0.29) is 11.7 Å². The predicted molar refractivity (Wildman–Crippen MR) is 91.9 cm³/mol. The largest absolute Gasteiger partial charge is 0.349 e. The highest BCUT2D eigenvalue weighted by Crippen LogP contribution is 2.25. The summed E-state index contributed by atoms with van der Waals surface area (Å²) in [6.45, 7) is 2.73. The fourth-order valence-corrected chi connectivity index (χ4v) is 2.88. The first-order valence-electron chi connectivity index (χ1n) is 7.64. The van der Waals surface area contributed by atoms with E-state index in [9.17, 15) is 4.79 Å². The lowest BCUT2D eigenvalue weighted by molar-refractivity contribution is 0.0943. The number of carbonyl (C=O) groups excluding carboxylic acids is 1. The van der Waals surface area contributed by atoms with Crippen LogP contribution in [0.15, 0.2) is 47.8 Å². The molecule has 2 heterocycles. The molecule has 0 bridgehead atoms. The highest BCUT2D eigenvalue weighted by molar-refractivity contribution is 7.13. The van der Waals surface area contributed by atoms with Gasteiger partial charge in [0.1, 0.15) is 0 Å². The number of benzene rings is 1. The number of carbonyl (C=O) groups is 1. The zero-order valence-electron chi connectivity index (χ0n) is 12.9. The fraction of sp³-hybridized carbons (Fsp3) is 0.235. The summed E-state index contributed by atoms with van der Waals surface area (Å²) in [4.78, 5) is 17.7. The van der Waals surface area contributed by atoms with E-state index in [4.69, 9.17) is 0 Å². The number of aromatic nitrogens is 3. The van der Waals surface area contributed by atoms with Gasteiger partial charge in [-0.25, -0.2) is 9.67 Å². The highest BCUT2D eigenvalue weighted by atomic mass is 32.1. The summed E-state index contributed by atoms with van der Waals surface area (Å²) >= 11 is 1.58. The van der Waals surface area contributed by atoms with Gasteiger partial charge in [0, 0.05) is 6.54 Å². The van der Waals surface area contributed by atoms with Gasteiger partial charge < -0.3 is 5.32 Å². The van der Waals surface area contributed by atoms with Crippen LogP contribution in [0.2, 0.25) is 0 Å². The van der Waals surface area contributed by atoms with E-state index >= 15 is 0 Å². The molecule has 0 unspecified atom stereocenters. The third-order valence-electron chi connectivity index (χ3n) is 3.37. The molecule has 0 aliphatic heterocycles. The van der Waals surface area contributed by atoms with Gasteiger partial charge in [0.05, 0.1) is 10.6 Å². The number of nitrogens with zero attached hydrogens (tertiary/aromatic N) is 3. The number of hydrogen-bond acceptors (Lipinski definition) is 4. The summed E-state index contributed by atoms with van der Waals surface area (Å²) in [6.07, 6.45) is 1.98. The smallest absolute Gasteiger partial charge is 0.290 e. The van der Waals surface area contributed by atoms with Gasteiger partial charge >= 0.3 is 0 Å². The van der Waals surface area contributed by atoms with E-state index in [1.165, 1.54) is 0 Å². The highest BCUT2D eigenvalue weighted by Gasteiger charge is 2.18. The van der Waals surface area contributed by atoms with Gasteiger partial charge in [-0.2, -0.15) is 0 Å². The summed E-state index contributed by atoms with van der Waals surface area (Å²) in [5.41, 5.74) is 0.885. The second-order valence-corrected chi connectivity index (χ2v) is 6.04. The van der Waals surface area contributed by atoms with Crippen LogP contribution in [0.1, 0.15) is 30.4 Å². The van der Waals surface area contributed by atoms with Crippen molar-refractivity contribution in [3.63, 3.8) is 0 Å². The van der Waals surface area contributed by atoms with Crippen LogP contribution in [0.5, 0.6) is 0 Å². The van der Waals surface area contributed by atoms with E-state index in [1.807, 2.05) is 47.8 Å². The minimum absolute atomic E-state index is 0.202. The van der Waals surface area contributed by atoms with Gasteiger partial charge in [0.15, 0.2) is 5.82 Å². The molecule has 5 nitrogen and oxygen atoms in total. The zero-order valence-corrected chi connectivity index (χ0v) is 13.7. The maximum absolute atomic E-state index is 12.2. The van der Waals surface area contributed by atoms with Crippen molar-refractivity contribution in [3.8, 4) is 16.4 Å². The quantitative estimate of drug-likeness (QED) is 0.705. The Morgan fingerprint density at radius 3 is 2.74 bits per heavy atom. The summed E-state index contributed by atoms with van der Waals surface area (Å²) in [5, 5.41) is 9.27. The molecule has 118 valence electrons. The first kappa shape index (κ1) is 15.4. The standard InChI is InChI=1S/C17H18N4OS/c1-2-3-11-18-17(22)15-19-16(14-10-7-12-23-14)21(20-15)13-8-5-4-6-9-13/h4-10,12H,2-3,11H2,1H3,(H,18,22). The number of rotatable bonds is 6. The number of para-hydroxylation sites is 1. The molecule has 0 spiro atoms. The Bertz CT molecular complexity index is 765. The maximum atomic E-state index is 12.2. The average Bonchev–Trinajstić information content (AvgIpc) is 3.25. The van der Waals surface area contributed by atoms with E-state index in [0.717, 1.165) is 23.4 Å². The summed E-state index contributed by atoms with van der Waals surface area (Å²) in [5.74, 6) is 0.658. The van der Waals surface area contributed by atoms with Gasteiger partial charge in [-0.1, -0.05) is 37.6 Å². The molecule has 1 N–H and O–H groups in total. The van der Waals surface area contributed by atoms with Gasteiger partial charge in [-0.15, -0.1) is 16.4 Å². The molecule has 1 amide bonds. The first-order chi connectivity index (χ1) is 11.3. The van der Waals surface area contributed by atoms with Gasteiger partial charge in [-0.3, -0.25) is 4.79 Å². The number of unbranched alkanes of at least 4 members (excludes halogenated alkanes) is 1. The van der Waals surface area contributed by atoms with Crippen molar-refractivity contribution in [1.82, 2.24) is 20.1 Å². The summed E-state index contributed by atoms with van der Waals surface area (Å²) < 4.78 is 1.72. The fourth-order valence-electron chi connectivity index (χ4n) is 2.18. The number of amides is 1. The van der Waals surface area contributed by atoms with Crippen molar-refractivity contribution < 1.29 is 4.79 Å². The van der Waals surface area contributed by atoms with Crippen LogP contribution < -0.4 is 5.32 Å². The molecule has 3 aromatic rings. The lowest BCUT2D eigenvalue weighted by atomic mass is 10.3. The molecule has 0 fully saturated rings. The number of nitrogens with one attached hydrogen (secondary N) is 1. The van der Waals surface area contributed by atoms with Crippen LogP contribution >= 0.6 is 11.3 Å². The Labute approximate surface area is 139 Å². The van der Waals surface area contributed by atoms with Crippen LogP contribution in [-0.4, -0.2) is 27.2 Å². The molecular formula is C17H18N4OS. The Kier molecular flexibility index (Phi) is 4.83. The molecule has 0 radical (unpaired) electrons. The van der Waals surface area contributed by atoms with E-state index in [0.29, 0.717) is 12.4 Å². The molecule has 3 rings (SSSR count). The Morgan fingerprint density at radius 2 is 2.04 bits per heavy atom. The van der Waals surface area contributed by atoms with Crippen LogP contribution in [0.4, 0.5) is 0 Å². The molecule has 0 saturated carbocycles. The lowest BCUT2D eigenvalue weighted by Gasteiger charge is -2.03. The molecule has 6 heteroatoms. The van der Waals surface area contributed by atoms with Gasteiger partial charge in [0.25, 0.3) is 5.91 Å². The van der Waals surface area contributed by atoms with Crippen molar-refractivity contribution in [2.24, 2.45) is 0 Å². The van der Waals surface area contributed by atoms with Crippen LogP contribution in [0.25, 0.3) is 16.4 Å². The molecule has 0 atom stereocenters. The first-order valence-corrected chi connectivity index (χ1v) is 8.52. The van der Waals surface area contributed by atoms with Crippen molar-refractivity contribution in [2.75, 3.05) is 6.54 Å². The van der Waals surface area contributed by atoms with Crippen LogP contribution in [0.3, 0.4) is 0 Å². The maximum Gasteiger partial charge on any atom is 0.290 e.